The highest BCUT2D eigenvalue weighted by Crippen LogP contribution is 2.01. The van der Waals surface area contributed by atoms with Gasteiger partial charge in [0.05, 0.1) is 18.3 Å². The highest BCUT2D eigenvalue weighted by Gasteiger charge is 2.10. The Morgan fingerprint density at radius 3 is 3.29 bits per heavy atom. The van der Waals surface area contributed by atoms with Crippen LogP contribution < -0.4 is 0 Å². The molecular weight excluding hydrogens is 182 g/mol. The highest BCUT2D eigenvalue weighted by atomic mass is 16.5. The summed E-state index contributed by atoms with van der Waals surface area (Å²) < 4.78 is 6.36. The maximum absolute atomic E-state index is 11.2. The van der Waals surface area contributed by atoms with Crippen LogP contribution in [-0.4, -0.2) is 27.2 Å². The van der Waals surface area contributed by atoms with Crippen LogP contribution in [0.5, 0.6) is 0 Å². The van der Waals surface area contributed by atoms with Crippen LogP contribution in [0.3, 0.4) is 0 Å². The van der Waals surface area contributed by atoms with Crippen LogP contribution >= 0.6 is 0 Å². The fraction of sp³-hybridized carbons (Fsp3) is 0.222. The lowest BCUT2D eigenvalue weighted by Crippen LogP contribution is -2.11. The van der Waals surface area contributed by atoms with Crippen molar-refractivity contribution in [3.05, 3.63) is 30.4 Å². The molecule has 2 heterocycles. The second kappa shape index (κ2) is 3.45. The summed E-state index contributed by atoms with van der Waals surface area (Å²) in [5.74, 6) is -0.418. The Balaban J connectivity index is 2.38. The Kier molecular flexibility index (Phi) is 2.14. The molecule has 0 atom stereocenters. The molecule has 72 valence electrons. The van der Waals surface area contributed by atoms with Gasteiger partial charge in [-0.15, -0.1) is 5.10 Å². The van der Waals surface area contributed by atoms with Crippen molar-refractivity contribution < 1.29 is 9.53 Å². The van der Waals surface area contributed by atoms with Crippen LogP contribution in [0.25, 0.3) is 5.52 Å². The molecule has 2 aromatic rings. The third kappa shape index (κ3) is 1.44. The third-order valence-corrected chi connectivity index (χ3v) is 1.74. The first-order valence-electron chi connectivity index (χ1n) is 4.29. The minimum atomic E-state index is -0.497. The Hall–Kier alpha value is -1.91. The first kappa shape index (κ1) is 8.68. The van der Waals surface area contributed by atoms with Gasteiger partial charge >= 0.3 is 5.97 Å². The van der Waals surface area contributed by atoms with Gasteiger partial charge in [-0.3, -0.25) is 0 Å². The highest BCUT2D eigenvalue weighted by molar-refractivity contribution is 5.85. The van der Waals surface area contributed by atoms with Gasteiger partial charge < -0.3 is 4.74 Å². The van der Waals surface area contributed by atoms with E-state index in [0.717, 1.165) is 5.52 Å². The number of nitrogens with zero attached hydrogens (tertiary/aromatic N) is 3. The molecular formula is C9H9N3O2. The van der Waals surface area contributed by atoms with E-state index in [4.69, 9.17) is 4.74 Å². The molecule has 14 heavy (non-hydrogen) atoms. The van der Waals surface area contributed by atoms with Gasteiger partial charge in [-0.05, 0) is 19.1 Å². The lowest BCUT2D eigenvalue weighted by molar-refractivity contribution is 0.0510. The Labute approximate surface area is 80.3 Å². The molecule has 0 amide bonds. The molecule has 0 aliphatic carbocycles. The van der Waals surface area contributed by atoms with Crippen LogP contribution in [0.2, 0.25) is 0 Å². The minimum absolute atomic E-state index is 0.0792. The summed E-state index contributed by atoms with van der Waals surface area (Å²) in [6, 6.07) is 3.69. The van der Waals surface area contributed by atoms with Crippen molar-refractivity contribution >= 4 is 11.5 Å². The van der Waals surface area contributed by atoms with Crippen molar-refractivity contribution in [1.29, 1.82) is 0 Å². The van der Waals surface area contributed by atoms with Gasteiger partial charge in [0.25, 0.3) is 5.82 Å². The zero-order chi connectivity index (χ0) is 9.97. The number of rotatable bonds is 2. The average Bonchev–Trinajstić information content (AvgIpc) is 2.64. The van der Waals surface area contributed by atoms with E-state index in [0.29, 0.717) is 6.61 Å². The molecule has 0 bridgehead atoms. The van der Waals surface area contributed by atoms with Crippen molar-refractivity contribution in [1.82, 2.24) is 14.6 Å². The van der Waals surface area contributed by atoms with E-state index in [2.05, 4.69) is 10.1 Å². The SMILES string of the molecule is CCOC(=O)c1ncc2cccn2n1. The normalized spacial score (nSPS) is 10.4. The molecule has 2 rings (SSSR count). The zero-order valence-electron chi connectivity index (χ0n) is 7.67. The second-order valence-corrected chi connectivity index (χ2v) is 2.68. The predicted octanol–water partition coefficient (Wildman–Crippen LogP) is 0.906. The molecule has 5 nitrogen and oxygen atoms in total. The molecule has 0 aliphatic rings. The van der Waals surface area contributed by atoms with Gasteiger partial charge in [-0.1, -0.05) is 0 Å². The predicted molar refractivity (Wildman–Crippen MR) is 48.9 cm³/mol. The smallest absolute Gasteiger partial charge is 0.378 e. The summed E-state index contributed by atoms with van der Waals surface area (Å²) in [5.41, 5.74) is 0.845. The number of esters is 1. The Bertz CT molecular complexity index is 464. The third-order valence-electron chi connectivity index (χ3n) is 1.74. The summed E-state index contributed by atoms with van der Waals surface area (Å²) in [4.78, 5) is 15.1. The topological polar surface area (TPSA) is 56.5 Å². The molecule has 0 aliphatic heterocycles. The number of ether oxygens (including phenoxy) is 1. The maximum atomic E-state index is 11.2. The van der Waals surface area contributed by atoms with Crippen LogP contribution in [0.4, 0.5) is 0 Å². The standard InChI is InChI=1S/C9H9N3O2/c1-2-14-9(13)8-10-6-7-4-3-5-12(7)11-8/h3-6H,2H2,1H3. The lowest BCUT2D eigenvalue weighted by atomic mass is 10.5. The second-order valence-electron chi connectivity index (χ2n) is 2.68. The average molecular weight is 191 g/mol. The summed E-state index contributed by atoms with van der Waals surface area (Å²) in [7, 11) is 0. The van der Waals surface area contributed by atoms with Crippen molar-refractivity contribution in [3.63, 3.8) is 0 Å². The number of carbonyl (C=O) groups excluding carboxylic acids is 1. The van der Waals surface area contributed by atoms with Gasteiger partial charge in [0.1, 0.15) is 0 Å². The molecule has 0 radical (unpaired) electrons. The van der Waals surface area contributed by atoms with E-state index in [1.54, 1.807) is 23.8 Å². The van der Waals surface area contributed by atoms with Gasteiger partial charge in [-0.25, -0.2) is 14.3 Å². The van der Waals surface area contributed by atoms with Gasteiger partial charge in [0.15, 0.2) is 0 Å². The first-order chi connectivity index (χ1) is 6.81. The number of fused-ring (bicyclic) bond motifs is 1. The van der Waals surface area contributed by atoms with E-state index in [-0.39, 0.29) is 5.82 Å². The van der Waals surface area contributed by atoms with Gasteiger partial charge in [0.2, 0.25) is 0 Å². The fourth-order valence-electron chi connectivity index (χ4n) is 1.12. The molecule has 2 aromatic heterocycles. The zero-order valence-corrected chi connectivity index (χ0v) is 7.67. The number of aromatic nitrogens is 3. The number of hydrogen-bond acceptors (Lipinski definition) is 4. The van der Waals surface area contributed by atoms with Crippen molar-refractivity contribution in [3.8, 4) is 0 Å². The fourth-order valence-corrected chi connectivity index (χ4v) is 1.12. The van der Waals surface area contributed by atoms with Crippen LogP contribution in [0, 0.1) is 0 Å². The Morgan fingerprint density at radius 2 is 2.50 bits per heavy atom. The quantitative estimate of drug-likeness (QED) is 0.662. The van der Waals surface area contributed by atoms with Crippen molar-refractivity contribution in [2.24, 2.45) is 0 Å². The molecule has 5 heteroatoms. The van der Waals surface area contributed by atoms with E-state index in [9.17, 15) is 4.79 Å². The van der Waals surface area contributed by atoms with Gasteiger partial charge in [0, 0.05) is 6.20 Å². The maximum Gasteiger partial charge on any atom is 0.378 e. The van der Waals surface area contributed by atoms with E-state index in [1.807, 2.05) is 12.1 Å². The molecule has 0 aromatic carbocycles. The molecule has 0 spiro atoms. The van der Waals surface area contributed by atoms with E-state index >= 15 is 0 Å². The molecule has 0 fully saturated rings. The summed E-state index contributed by atoms with van der Waals surface area (Å²) in [6.07, 6.45) is 3.33. The van der Waals surface area contributed by atoms with E-state index in [1.165, 1.54) is 0 Å². The van der Waals surface area contributed by atoms with Crippen LogP contribution in [0.15, 0.2) is 24.5 Å². The first-order valence-corrected chi connectivity index (χ1v) is 4.29. The summed E-state index contributed by atoms with van der Waals surface area (Å²) in [5, 5.41) is 3.98. The van der Waals surface area contributed by atoms with Gasteiger partial charge in [-0.2, -0.15) is 0 Å². The monoisotopic (exact) mass is 191 g/mol. The van der Waals surface area contributed by atoms with Crippen molar-refractivity contribution in [2.45, 2.75) is 6.92 Å². The molecule has 0 saturated heterocycles. The molecule has 0 N–H and O–H groups in total. The van der Waals surface area contributed by atoms with Crippen LogP contribution in [-0.2, 0) is 4.74 Å². The summed E-state index contributed by atoms with van der Waals surface area (Å²) in [6.45, 7) is 2.07. The summed E-state index contributed by atoms with van der Waals surface area (Å²) >= 11 is 0. The molecule has 0 unspecified atom stereocenters. The van der Waals surface area contributed by atoms with Crippen LogP contribution in [0.1, 0.15) is 17.5 Å². The Morgan fingerprint density at radius 1 is 1.64 bits per heavy atom. The number of hydrogen-bond donors (Lipinski definition) is 0. The molecule has 0 saturated carbocycles. The number of carbonyl (C=O) groups is 1. The van der Waals surface area contributed by atoms with Crippen molar-refractivity contribution in [2.75, 3.05) is 6.61 Å². The lowest BCUT2D eigenvalue weighted by Gasteiger charge is -2.00. The largest absolute Gasteiger partial charge is 0.460 e. The minimum Gasteiger partial charge on any atom is -0.460 e. The van der Waals surface area contributed by atoms with E-state index < -0.39 is 5.97 Å².